The van der Waals surface area contributed by atoms with E-state index in [2.05, 4.69) is 22.4 Å². The number of fused-ring (bicyclic) bond motifs is 1. The van der Waals surface area contributed by atoms with Gasteiger partial charge >= 0.3 is 6.18 Å². The summed E-state index contributed by atoms with van der Waals surface area (Å²) in [4.78, 5) is 18.0. The van der Waals surface area contributed by atoms with E-state index >= 15 is 0 Å². The number of carbonyl (C=O) groups is 1. The van der Waals surface area contributed by atoms with Crippen LogP contribution in [-0.2, 0) is 19.3 Å². The average molecular weight is 448 g/mol. The Morgan fingerprint density at radius 2 is 2.06 bits per heavy atom. The molecule has 0 spiro atoms. The quantitative estimate of drug-likeness (QED) is 0.552. The standard InChI is InChI=1S/C22H27F3N6O/c1-4-5-9-31-20-19(14(3)28-31)16(11-17(27-20)15-6-7-15)21(32)26-13(2)12-30-10-8-18(29-30)22(23,24)25/h8,10-11,13,15H,4-7,9,12H2,1-3H3,(H,26,32). The number of amides is 1. The molecule has 10 heteroatoms. The van der Waals surface area contributed by atoms with Crippen molar-refractivity contribution in [1.82, 2.24) is 29.9 Å². The van der Waals surface area contributed by atoms with Gasteiger partial charge in [0.15, 0.2) is 11.3 Å². The Labute approximate surface area is 184 Å². The number of hydrogen-bond donors (Lipinski definition) is 1. The van der Waals surface area contributed by atoms with Crippen molar-refractivity contribution in [1.29, 1.82) is 0 Å². The Morgan fingerprint density at radius 3 is 2.69 bits per heavy atom. The van der Waals surface area contributed by atoms with Gasteiger partial charge in [0.1, 0.15) is 0 Å². The van der Waals surface area contributed by atoms with Crippen molar-refractivity contribution in [3.05, 3.63) is 41.0 Å². The number of unbranched alkanes of at least 4 members (excludes halogenated alkanes) is 1. The van der Waals surface area contributed by atoms with Crippen molar-refractivity contribution in [2.75, 3.05) is 0 Å². The Kier molecular flexibility index (Phi) is 5.96. The number of hydrogen-bond acceptors (Lipinski definition) is 4. The van der Waals surface area contributed by atoms with Gasteiger partial charge < -0.3 is 5.32 Å². The van der Waals surface area contributed by atoms with Gasteiger partial charge in [-0.05, 0) is 45.2 Å². The highest BCUT2D eigenvalue weighted by molar-refractivity contribution is 6.06. The fourth-order valence-electron chi connectivity index (χ4n) is 3.85. The predicted molar refractivity (Wildman–Crippen MR) is 113 cm³/mol. The van der Waals surface area contributed by atoms with Gasteiger partial charge in [0, 0.05) is 30.4 Å². The van der Waals surface area contributed by atoms with Crippen LogP contribution in [0.4, 0.5) is 13.2 Å². The number of aryl methyl sites for hydroxylation is 2. The van der Waals surface area contributed by atoms with Crippen LogP contribution in [0.25, 0.3) is 11.0 Å². The van der Waals surface area contributed by atoms with E-state index in [9.17, 15) is 18.0 Å². The molecule has 172 valence electrons. The van der Waals surface area contributed by atoms with Crippen LogP contribution in [0.2, 0.25) is 0 Å². The first-order valence-corrected chi connectivity index (χ1v) is 11.0. The van der Waals surface area contributed by atoms with Gasteiger partial charge in [0.25, 0.3) is 5.91 Å². The molecule has 0 radical (unpaired) electrons. The molecule has 1 fully saturated rings. The van der Waals surface area contributed by atoms with E-state index in [0.29, 0.717) is 11.5 Å². The molecule has 1 amide bonds. The lowest BCUT2D eigenvalue weighted by Crippen LogP contribution is -2.36. The van der Waals surface area contributed by atoms with Crippen LogP contribution in [0.1, 0.15) is 72.9 Å². The minimum atomic E-state index is -4.49. The molecular formula is C22H27F3N6O. The molecule has 1 aliphatic carbocycles. The highest BCUT2D eigenvalue weighted by atomic mass is 19.4. The first kappa shape index (κ1) is 22.3. The lowest BCUT2D eigenvalue weighted by molar-refractivity contribution is -0.141. The van der Waals surface area contributed by atoms with Gasteiger partial charge in [-0.1, -0.05) is 13.3 Å². The number of rotatable bonds is 8. The van der Waals surface area contributed by atoms with Gasteiger partial charge in [-0.2, -0.15) is 23.4 Å². The van der Waals surface area contributed by atoms with Crippen LogP contribution < -0.4 is 5.32 Å². The van der Waals surface area contributed by atoms with Gasteiger partial charge in [0.2, 0.25) is 0 Å². The fraction of sp³-hybridized carbons (Fsp3) is 0.545. The molecule has 7 nitrogen and oxygen atoms in total. The molecule has 0 bridgehead atoms. The summed E-state index contributed by atoms with van der Waals surface area (Å²) in [5.41, 5.74) is 1.93. The fourth-order valence-corrected chi connectivity index (χ4v) is 3.85. The summed E-state index contributed by atoms with van der Waals surface area (Å²) >= 11 is 0. The van der Waals surface area contributed by atoms with Crippen LogP contribution in [0.3, 0.4) is 0 Å². The molecular weight excluding hydrogens is 421 g/mol. The summed E-state index contributed by atoms with van der Waals surface area (Å²) in [5, 5.41) is 11.8. The SMILES string of the molecule is CCCCn1nc(C)c2c(C(=O)NC(C)Cn3ccc(C(F)(F)F)n3)cc(C3CC3)nc21. The van der Waals surface area contributed by atoms with Crippen LogP contribution in [0.15, 0.2) is 18.3 Å². The molecule has 1 N–H and O–H groups in total. The molecule has 0 aromatic carbocycles. The number of pyridine rings is 1. The molecule has 4 rings (SSSR count). The van der Waals surface area contributed by atoms with Gasteiger partial charge in [-0.25, -0.2) is 9.67 Å². The van der Waals surface area contributed by atoms with Crippen molar-refractivity contribution in [2.24, 2.45) is 0 Å². The van der Waals surface area contributed by atoms with E-state index in [1.54, 1.807) is 6.92 Å². The van der Waals surface area contributed by atoms with E-state index < -0.39 is 17.9 Å². The molecule has 3 heterocycles. The molecule has 3 aromatic rings. The van der Waals surface area contributed by atoms with Gasteiger partial charge in [0.05, 0.1) is 23.2 Å². The molecule has 1 saturated carbocycles. The molecule has 1 unspecified atom stereocenters. The number of halogens is 3. The third kappa shape index (κ3) is 4.63. The van der Waals surface area contributed by atoms with E-state index in [0.717, 1.165) is 60.7 Å². The van der Waals surface area contributed by atoms with Crippen molar-refractivity contribution in [3.8, 4) is 0 Å². The zero-order valence-corrected chi connectivity index (χ0v) is 18.4. The van der Waals surface area contributed by atoms with Gasteiger partial charge in [-0.15, -0.1) is 0 Å². The van der Waals surface area contributed by atoms with E-state index in [4.69, 9.17) is 4.98 Å². The maximum atomic E-state index is 13.2. The minimum absolute atomic E-state index is 0.125. The van der Waals surface area contributed by atoms with Crippen LogP contribution >= 0.6 is 0 Å². The normalized spacial score (nSPS) is 15.3. The van der Waals surface area contributed by atoms with Crippen LogP contribution in [0, 0.1) is 6.92 Å². The Morgan fingerprint density at radius 1 is 1.31 bits per heavy atom. The maximum Gasteiger partial charge on any atom is 0.435 e. The van der Waals surface area contributed by atoms with Crippen molar-refractivity contribution in [3.63, 3.8) is 0 Å². The summed E-state index contributed by atoms with van der Waals surface area (Å²) in [7, 11) is 0. The Balaban J connectivity index is 1.58. The van der Waals surface area contributed by atoms with E-state index in [-0.39, 0.29) is 12.5 Å². The smallest absolute Gasteiger partial charge is 0.348 e. The second kappa shape index (κ2) is 8.55. The Hall–Kier alpha value is -2.91. The lowest BCUT2D eigenvalue weighted by Gasteiger charge is -2.15. The largest absolute Gasteiger partial charge is 0.435 e. The topological polar surface area (TPSA) is 77.6 Å². The molecule has 3 aromatic heterocycles. The van der Waals surface area contributed by atoms with Crippen molar-refractivity contribution >= 4 is 16.9 Å². The highest BCUT2D eigenvalue weighted by Crippen LogP contribution is 2.40. The third-order valence-corrected chi connectivity index (χ3v) is 5.63. The number of nitrogens with zero attached hydrogens (tertiary/aromatic N) is 5. The molecule has 0 saturated heterocycles. The molecule has 1 atom stereocenters. The second-order valence-corrected chi connectivity index (χ2v) is 8.52. The van der Waals surface area contributed by atoms with Crippen molar-refractivity contribution < 1.29 is 18.0 Å². The highest BCUT2D eigenvalue weighted by Gasteiger charge is 2.33. The summed E-state index contributed by atoms with van der Waals surface area (Å²) < 4.78 is 41.4. The summed E-state index contributed by atoms with van der Waals surface area (Å²) in [6, 6.07) is 2.35. The zero-order valence-electron chi connectivity index (χ0n) is 18.4. The first-order valence-electron chi connectivity index (χ1n) is 11.0. The molecule has 0 aliphatic heterocycles. The minimum Gasteiger partial charge on any atom is -0.348 e. The van der Waals surface area contributed by atoms with Crippen LogP contribution in [0.5, 0.6) is 0 Å². The van der Waals surface area contributed by atoms with Crippen LogP contribution in [-0.4, -0.2) is 36.5 Å². The lowest BCUT2D eigenvalue weighted by atomic mass is 10.1. The number of nitrogens with one attached hydrogen (secondary N) is 1. The second-order valence-electron chi connectivity index (χ2n) is 8.52. The number of carbonyl (C=O) groups excluding carboxylic acids is 1. The molecule has 1 aliphatic rings. The maximum absolute atomic E-state index is 13.2. The van der Waals surface area contributed by atoms with Gasteiger partial charge in [-0.3, -0.25) is 9.48 Å². The van der Waals surface area contributed by atoms with E-state index in [1.807, 2.05) is 17.7 Å². The summed E-state index contributed by atoms with van der Waals surface area (Å²) in [6.07, 6.45) is 0.876. The summed E-state index contributed by atoms with van der Waals surface area (Å²) in [6.45, 7) is 6.58. The zero-order chi connectivity index (χ0) is 23.0. The van der Waals surface area contributed by atoms with E-state index in [1.165, 1.54) is 10.9 Å². The average Bonchev–Trinajstić information content (AvgIpc) is 3.38. The Bertz CT molecular complexity index is 1130. The van der Waals surface area contributed by atoms with Crippen molar-refractivity contribution in [2.45, 2.75) is 77.7 Å². The number of alkyl halides is 3. The third-order valence-electron chi connectivity index (χ3n) is 5.63. The predicted octanol–water partition coefficient (Wildman–Crippen LogP) is 4.45. The number of aromatic nitrogens is 5. The first-order chi connectivity index (χ1) is 15.2. The summed E-state index contributed by atoms with van der Waals surface area (Å²) in [5.74, 6) is 0.0798. The molecule has 32 heavy (non-hydrogen) atoms. The monoisotopic (exact) mass is 448 g/mol.